The molecule has 6 heteroatoms. The predicted octanol–water partition coefficient (Wildman–Crippen LogP) is 0.361. The highest BCUT2D eigenvalue weighted by atomic mass is 16.7. The molecule has 1 N–H and O–H groups in total. The van der Waals surface area contributed by atoms with Crippen molar-refractivity contribution in [2.24, 2.45) is 4.99 Å². The summed E-state index contributed by atoms with van der Waals surface area (Å²) in [5.74, 6) is 0.301. The fraction of sp³-hybridized carbons (Fsp3) is 0.571. The van der Waals surface area contributed by atoms with Crippen molar-refractivity contribution in [1.82, 2.24) is 10.3 Å². The maximum atomic E-state index is 10.2. The lowest BCUT2D eigenvalue weighted by Gasteiger charge is -2.18. The van der Waals surface area contributed by atoms with Gasteiger partial charge in [0.15, 0.2) is 5.03 Å². The molecule has 13 heavy (non-hydrogen) atoms. The molecular weight excluding hydrogens is 172 g/mol. The molecule has 0 aromatic heterocycles. The van der Waals surface area contributed by atoms with Crippen LogP contribution in [0, 0.1) is 10.1 Å². The van der Waals surface area contributed by atoms with Gasteiger partial charge in [-0.3, -0.25) is 0 Å². The molecule has 0 saturated heterocycles. The van der Waals surface area contributed by atoms with Crippen LogP contribution >= 0.6 is 0 Å². The largest absolute Gasteiger partial charge is 0.311 e. The highest BCUT2D eigenvalue weighted by molar-refractivity contribution is 5.81. The number of nitrogens with zero attached hydrogens (tertiary/aromatic N) is 3. The number of guanidine groups is 1. The second-order valence-electron chi connectivity index (χ2n) is 2.77. The predicted molar refractivity (Wildman–Crippen MR) is 48.5 cm³/mol. The number of nitro groups is 1. The van der Waals surface area contributed by atoms with E-state index in [9.17, 15) is 10.1 Å². The van der Waals surface area contributed by atoms with E-state index in [0.717, 1.165) is 0 Å². The minimum atomic E-state index is -0.604. The molecule has 1 atom stereocenters. The van der Waals surface area contributed by atoms with Crippen LogP contribution in [0.1, 0.15) is 13.8 Å². The molecule has 0 fully saturated rings. The fourth-order valence-corrected chi connectivity index (χ4v) is 1.15. The van der Waals surface area contributed by atoms with E-state index in [1.807, 2.05) is 19.9 Å². The normalized spacial score (nSPS) is 22.2. The Balaban J connectivity index is 2.67. The van der Waals surface area contributed by atoms with Crippen molar-refractivity contribution in [3.05, 3.63) is 22.4 Å². The summed E-state index contributed by atoms with van der Waals surface area (Å²) in [6.07, 6.45) is 3.59. The molecule has 0 amide bonds. The van der Waals surface area contributed by atoms with Gasteiger partial charge in [-0.05, 0) is 13.8 Å². The van der Waals surface area contributed by atoms with Crippen molar-refractivity contribution in [3.63, 3.8) is 0 Å². The van der Waals surface area contributed by atoms with E-state index in [1.54, 1.807) is 11.1 Å². The summed E-state index contributed by atoms with van der Waals surface area (Å²) < 4.78 is 0. The van der Waals surface area contributed by atoms with Gasteiger partial charge in [0, 0.05) is 6.20 Å². The van der Waals surface area contributed by atoms with Gasteiger partial charge in [0.2, 0.25) is 0 Å². The molecule has 0 radical (unpaired) electrons. The van der Waals surface area contributed by atoms with Crippen LogP contribution in [0.5, 0.6) is 0 Å². The van der Waals surface area contributed by atoms with Crippen molar-refractivity contribution in [3.8, 4) is 0 Å². The van der Waals surface area contributed by atoms with Crippen LogP contribution in [0.3, 0.4) is 0 Å². The smallest absolute Gasteiger partial charge is 0.261 e. The monoisotopic (exact) mass is 184 g/mol. The van der Waals surface area contributed by atoms with Crippen molar-refractivity contribution in [2.75, 3.05) is 6.54 Å². The molecule has 0 spiro atoms. The third kappa shape index (κ3) is 2.17. The maximum Gasteiger partial charge on any atom is 0.261 e. The Kier molecular flexibility index (Phi) is 2.84. The maximum absolute atomic E-state index is 10.2. The Morgan fingerprint density at radius 1 is 1.85 bits per heavy atom. The first kappa shape index (κ1) is 9.50. The molecule has 1 heterocycles. The molecule has 1 aliphatic heterocycles. The van der Waals surface area contributed by atoms with E-state index in [-0.39, 0.29) is 6.04 Å². The van der Waals surface area contributed by atoms with Crippen LogP contribution in [-0.4, -0.2) is 28.5 Å². The van der Waals surface area contributed by atoms with Gasteiger partial charge in [0.05, 0.1) is 12.6 Å². The van der Waals surface area contributed by atoms with Crippen molar-refractivity contribution >= 4 is 5.96 Å². The third-order valence-corrected chi connectivity index (χ3v) is 1.73. The van der Waals surface area contributed by atoms with Crippen LogP contribution in [0.25, 0.3) is 0 Å². The van der Waals surface area contributed by atoms with E-state index in [1.165, 1.54) is 0 Å². The van der Waals surface area contributed by atoms with Gasteiger partial charge in [-0.15, -0.1) is 0 Å². The van der Waals surface area contributed by atoms with Gasteiger partial charge in [-0.2, -0.15) is 0 Å². The highest BCUT2D eigenvalue weighted by Crippen LogP contribution is 2.08. The summed E-state index contributed by atoms with van der Waals surface area (Å²) in [7, 11) is 0. The SMILES string of the molecule is CC=CN1C(N[N+](=O)[O-])=NCC1C. The Bertz CT molecular complexity index is 261. The number of aliphatic imine (C=N–C) groups is 1. The zero-order valence-corrected chi connectivity index (χ0v) is 7.60. The second-order valence-corrected chi connectivity index (χ2v) is 2.77. The Labute approximate surface area is 76.1 Å². The molecular formula is C7H12N4O2. The molecule has 0 saturated carbocycles. The van der Waals surface area contributed by atoms with Gasteiger partial charge in [-0.25, -0.2) is 15.1 Å². The van der Waals surface area contributed by atoms with Gasteiger partial charge in [-0.1, -0.05) is 11.5 Å². The molecule has 0 aromatic carbocycles. The summed E-state index contributed by atoms with van der Waals surface area (Å²) in [4.78, 5) is 15.9. The van der Waals surface area contributed by atoms with Crippen molar-refractivity contribution in [1.29, 1.82) is 0 Å². The van der Waals surface area contributed by atoms with Crippen molar-refractivity contribution in [2.45, 2.75) is 19.9 Å². The topological polar surface area (TPSA) is 70.8 Å². The average Bonchev–Trinajstić information content (AvgIpc) is 2.35. The number of hydrogen-bond acceptors (Lipinski definition) is 4. The second kappa shape index (κ2) is 3.88. The molecule has 1 aliphatic rings. The molecule has 0 aliphatic carbocycles. The lowest BCUT2D eigenvalue weighted by Crippen LogP contribution is -2.41. The molecule has 72 valence electrons. The third-order valence-electron chi connectivity index (χ3n) is 1.73. The summed E-state index contributed by atoms with van der Waals surface area (Å²) in [5.41, 5.74) is 2.05. The van der Waals surface area contributed by atoms with Crippen LogP contribution in [0.4, 0.5) is 0 Å². The van der Waals surface area contributed by atoms with Crippen LogP contribution < -0.4 is 5.43 Å². The highest BCUT2D eigenvalue weighted by Gasteiger charge is 2.24. The van der Waals surface area contributed by atoms with Gasteiger partial charge in [0.25, 0.3) is 5.96 Å². The molecule has 0 aromatic rings. The molecule has 6 nitrogen and oxygen atoms in total. The van der Waals surface area contributed by atoms with E-state index in [4.69, 9.17) is 0 Å². The molecule has 1 unspecified atom stereocenters. The van der Waals surface area contributed by atoms with Gasteiger partial charge < -0.3 is 4.90 Å². The summed E-state index contributed by atoms with van der Waals surface area (Å²) in [6.45, 7) is 4.40. The van der Waals surface area contributed by atoms with Crippen molar-refractivity contribution < 1.29 is 5.03 Å². The number of nitrogens with one attached hydrogen (secondary N) is 1. The molecule has 1 rings (SSSR count). The average molecular weight is 184 g/mol. The van der Waals surface area contributed by atoms with Gasteiger partial charge in [0.1, 0.15) is 0 Å². The van der Waals surface area contributed by atoms with E-state index < -0.39 is 5.03 Å². The zero-order valence-electron chi connectivity index (χ0n) is 7.60. The summed E-state index contributed by atoms with van der Waals surface area (Å²) in [6, 6.07) is 0.179. The number of hydrazine groups is 1. The summed E-state index contributed by atoms with van der Waals surface area (Å²) >= 11 is 0. The quantitative estimate of drug-likeness (QED) is 0.497. The standard InChI is InChI=1S/C7H12N4O2/c1-3-4-10-6(2)5-8-7(10)9-11(12)13/h3-4,6H,5H2,1-2H3,(H,8,9). The van der Waals surface area contributed by atoms with E-state index >= 15 is 0 Å². The summed E-state index contributed by atoms with van der Waals surface area (Å²) in [5, 5.41) is 9.57. The Morgan fingerprint density at radius 2 is 2.54 bits per heavy atom. The van der Waals surface area contributed by atoms with E-state index in [0.29, 0.717) is 12.5 Å². The Morgan fingerprint density at radius 3 is 3.08 bits per heavy atom. The lowest BCUT2D eigenvalue weighted by atomic mass is 10.3. The van der Waals surface area contributed by atoms with Crippen LogP contribution in [-0.2, 0) is 0 Å². The van der Waals surface area contributed by atoms with E-state index in [2.05, 4.69) is 10.4 Å². The number of allylic oxidation sites excluding steroid dienone is 1. The first-order chi connectivity index (χ1) is 6.15. The number of hydrogen-bond donors (Lipinski definition) is 1. The zero-order chi connectivity index (χ0) is 9.84. The molecule has 0 bridgehead atoms. The first-order valence-electron chi connectivity index (χ1n) is 4.01. The van der Waals surface area contributed by atoms with Gasteiger partial charge >= 0.3 is 0 Å². The minimum Gasteiger partial charge on any atom is -0.311 e. The first-order valence-corrected chi connectivity index (χ1v) is 4.01. The van der Waals surface area contributed by atoms with Crippen LogP contribution in [0.2, 0.25) is 0 Å². The van der Waals surface area contributed by atoms with Crippen LogP contribution in [0.15, 0.2) is 17.3 Å². The Hall–Kier alpha value is -1.59. The minimum absolute atomic E-state index is 0.179. The lowest BCUT2D eigenvalue weighted by molar-refractivity contribution is -0.526. The fourth-order valence-electron chi connectivity index (χ4n) is 1.15. The number of rotatable bonds is 2.